The number of thioether (sulfide) groups is 1. The minimum Gasteiger partial charge on any atom is -0.334 e. The number of amides is 2. The molecule has 130 valence electrons. The van der Waals surface area contributed by atoms with E-state index in [-0.39, 0.29) is 23.4 Å². The van der Waals surface area contributed by atoms with Gasteiger partial charge in [-0.1, -0.05) is 42.1 Å². The second-order valence-electron chi connectivity index (χ2n) is 5.80. The lowest BCUT2D eigenvalue weighted by molar-refractivity contribution is -0.121. The molecule has 7 nitrogen and oxygen atoms in total. The highest BCUT2D eigenvalue weighted by Gasteiger charge is 2.40. The van der Waals surface area contributed by atoms with Crippen LogP contribution in [0.5, 0.6) is 0 Å². The summed E-state index contributed by atoms with van der Waals surface area (Å²) in [5.41, 5.74) is 0.635. The van der Waals surface area contributed by atoms with E-state index < -0.39 is 10.8 Å². The van der Waals surface area contributed by atoms with E-state index in [1.165, 1.54) is 0 Å². The van der Waals surface area contributed by atoms with E-state index in [1.54, 1.807) is 48.5 Å². The van der Waals surface area contributed by atoms with Crippen molar-refractivity contribution < 1.29 is 9.59 Å². The number of carbonyl (C=O) groups is 2. The van der Waals surface area contributed by atoms with E-state index in [9.17, 15) is 14.4 Å². The fourth-order valence-electron chi connectivity index (χ4n) is 2.88. The van der Waals surface area contributed by atoms with Gasteiger partial charge in [-0.15, -0.1) is 0 Å². The highest BCUT2D eigenvalue weighted by Crippen LogP contribution is 2.32. The van der Waals surface area contributed by atoms with Crippen molar-refractivity contribution in [3.63, 3.8) is 0 Å². The predicted octanol–water partition coefficient (Wildman–Crippen LogP) is 1.53. The number of fused-ring (bicyclic) bond motifs is 1. The molecule has 0 saturated carbocycles. The van der Waals surface area contributed by atoms with Gasteiger partial charge in [0.15, 0.2) is 5.16 Å². The summed E-state index contributed by atoms with van der Waals surface area (Å²) in [7, 11) is 0. The second-order valence-corrected chi connectivity index (χ2v) is 6.97. The molecule has 3 aromatic rings. The lowest BCUT2D eigenvalue weighted by atomic mass is 10.2. The van der Waals surface area contributed by atoms with Gasteiger partial charge in [0.1, 0.15) is 5.25 Å². The second kappa shape index (κ2) is 6.30. The van der Waals surface area contributed by atoms with E-state index in [0.29, 0.717) is 16.6 Å². The number of imide groups is 1. The first kappa shape index (κ1) is 16.3. The van der Waals surface area contributed by atoms with Crippen LogP contribution in [0.15, 0.2) is 64.5 Å². The lowest BCUT2D eigenvalue weighted by Gasteiger charge is -2.15. The topological polar surface area (TPSA) is 98.3 Å². The predicted molar refractivity (Wildman–Crippen MR) is 99.4 cm³/mol. The minimum absolute atomic E-state index is 0.0289. The molecule has 0 radical (unpaired) electrons. The quantitative estimate of drug-likeness (QED) is 0.429. The Kier molecular flexibility index (Phi) is 3.96. The molecule has 1 atom stereocenters. The van der Waals surface area contributed by atoms with Crippen molar-refractivity contribution in [1.29, 1.82) is 0 Å². The molecule has 0 spiro atoms. The Morgan fingerprint density at radius 1 is 1.00 bits per heavy atom. The number of carbonyl (C=O) groups excluding carboxylic acids is 2. The summed E-state index contributed by atoms with van der Waals surface area (Å²) < 4.78 is 0.927. The molecule has 2 heterocycles. The van der Waals surface area contributed by atoms with Crippen LogP contribution in [0.2, 0.25) is 0 Å². The molecule has 1 aromatic heterocycles. The number of nitrogens with zero attached hydrogens (tertiary/aromatic N) is 3. The molecule has 4 rings (SSSR count). The molecule has 2 amide bonds. The summed E-state index contributed by atoms with van der Waals surface area (Å²) in [6.45, 7) is 0. The molecule has 0 unspecified atom stereocenters. The maximum absolute atomic E-state index is 12.7. The molecule has 0 bridgehead atoms. The van der Waals surface area contributed by atoms with Gasteiger partial charge in [0.25, 0.3) is 5.56 Å². The Balaban J connectivity index is 1.67. The summed E-state index contributed by atoms with van der Waals surface area (Å²) in [4.78, 5) is 42.9. The van der Waals surface area contributed by atoms with Crippen LogP contribution in [0.3, 0.4) is 0 Å². The average Bonchev–Trinajstić information content (AvgIpc) is 2.93. The number of anilines is 1. The van der Waals surface area contributed by atoms with Crippen molar-refractivity contribution >= 4 is 40.2 Å². The number of nitrogen functional groups attached to an aromatic ring is 1. The number of rotatable bonds is 3. The van der Waals surface area contributed by atoms with Crippen LogP contribution in [0.1, 0.15) is 6.42 Å². The van der Waals surface area contributed by atoms with Gasteiger partial charge in [-0.05, 0) is 24.3 Å². The van der Waals surface area contributed by atoms with Crippen LogP contribution in [0, 0.1) is 0 Å². The number of hydrogen-bond donors (Lipinski definition) is 1. The first-order valence-corrected chi connectivity index (χ1v) is 8.79. The Morgan fingerprint density at radius 3 is 2.46 bits per heavy atom. The van der Waals surface area contributed by atoms with Gasteiger partial charge >= 0.3 is 0 Å². The molecule has 26 heavy (non-hydrogen) atoms. The third-order valence-electron chi connectivity index (χ3n) is 4.14. The molecule has 1 fully saturated rings. The van der Waals surface area contributed by atoms with Crippen molar-refractivity contribution in [2.75, 3.05) is 10.7 Å². The minimum atomic E-state index is -0.675. The highest BCUT2D eigenvalue weighted by molar-refractivity contribution is 8.00. The molecular formula is C18H14N4O3S. The highest BCUT2D eigenvalue weighted by atomic mass is 32.2. The zero-order valence-electron chi connectivity index (χ0n) is 13.5. The summed E-state index contributed by atoms with van der Waals surface area (Å²) in [5, 5.41) is -0.0700. The van der Waals surface area contributed by atoms with E-state index in [4.69, 9.17) is 5.84 Å². The standard InChI is InChI=1S/C18H14N4O3S/c19-22-16(24)12-8-4-5-9-13(12)20-18(22)26-14-10-15(23)21(17(14)25)11-6-2-1-3-7-11/h1-9,14H,10,19H2/t14-/m0/s1. The first-order chi connectivity index (χ1) is 12.6. The maximum Gasteiger partial charge on any atom is 0.280 e. The number of para-hydroxylation sites is 2. The summed E-state index contributed by atoms with van der Waals surface area (Å²) >= 11 is 1.03. The van der Waals surface area contributed by atoms with Crippen molar-refractivity contribution in [3.05, 3.63) is 65.0 Å². The average molecular weight is 366 g/mol. The van der Waals surface area contributed by atoms with E-state index in [0.717, 1.165) is 21.3 Å². The SMILES string of the molecule is Nn1c(S[C@H]2CC(=O)N(c3ccccc3)C2=O)nc2ccccc2c1=O. The largest absolute Gasteiger partial charge is 0.334 e. The van der Waals surface area contributed by atoms with Gasteiger partial charge in [-0.3, -0.25) is 14.4 Å². The van der Waals surface area contributed by atoms with E-state index in [2.05, 4.69) is 4.98 Å². The first-order valence-electron chi connectivity index (χ1n) is 7.91. The summed E-state index contributed by atoms with van der Waals surface area (Å²) in [6.07, 6.45) is 0.0289. The van der Waals surface area contributed by atoms with Crippen molar-refractivity contribution in [2.24, 2.45) is 0 Å². The number of benzene rings is 2. The van der Waals surface area contributed by atoms with Crippen LogP contribution < -0.4 is 16.3 Å². The molecule has 8 heteroatoms. The van der Waals surface area contributed by atoms with Gasteiger partial charge in [-0.2, -0.15) is 0 Å². The van der Waals surface area contributed by atoms with E-state index >= 15 is 0 Å². The normalized spacial score (nSPS) is 17.2. The van der Waals surface area contributed by atoms with Crippen LogP contribution in [-0.2, 0) is 9.59 Å². The van der Waals surface area contributed by atoms with Crippen LogP contribution in [0.4, 0.5) is 5.69 Å². The van der Waals surface area contributed by atoms with Crippen molar-refractivity contribution in [1.82, 2.24) is 9.66 Å². The zero-order valence-corrected chi connectivity index (χ0v) is 14.3. The fraction of sp³-hybridized carbons (Fsp3) is 0.111. The van der Waals surface area contributed by atoms with Gasteiger partial charge in [-0.25, -0.2) is 14.6 Å². The summed E-state index contributed by atoms with van der Waals surface area (Å²) in [6, 6.07) is 15.6. The van der Waals surface area contributed by atoms with Crippen molar-refractivity contribution in [3.8, 4) is 0 Å². The van der Waals surface area contributed by atoms with Gasteiger partial charge < -0.3 is 5.84 Å². The third kappa shape index (κ3) is 2.64. The Hall–Kier alpha value is -3.13. The Bertz CT molecular complexity index is 1080. The smallest absolute Gasteiger partial charge is 0.280 e. The van der Waals surface area contributed by atoms with Crippen molar-refractivity contribution in [2.45, 2.75) is 16.8 Å². The maximum atomic E-state index is 12.7. The van der Waals surface area contributed by atoms with Gasteiger partial charge in [0.2, 0.25) is 11.8 Å². The molecule has 1 aliphatic rings. The van der Waals surface area contributed by atoms with Gasteiger partial charge in [0, 0.05) is 6.42 Å². The van der Waals surface area contributed by atoms with Crippen LogP contribution in [0.25, 0.3) is 10.9 Å². The third-order valence-corrected chi connectivity index (χ3v) is 5.29. The molecule has 2 aromatic carbocycles. The molecule has 1 aliphatic heterocycles. The number of aromatic nitrogens is 2. The number of nitrogens with two attached hydrogens (primary N) is 1. The Labute approximate surface area is 152 Å². The molecule has 0 aliphatic carbocycles. The fourth-order valence-corrected chi connectivity index (χ4v) is 3.91. The van der Waals surface area contributed by atoms with Crippen LogP contribution in [-0.4, -0.2) is 26.7 Å². The molecular weight excluding hydrogens is 352 g/mol. The van der Waals surface area contributed by atoms with Crippen LogP contribution >= 0.6 is 11.8 Å². The Morgan fingerprint density at radius 2 is 1.69 bits per heavy atom. The molecule has 2 N–H and O–H groups in total. The van der Waals surface area contributed by atoms with E-state index in [1.807, 2.05) is 6.07 Å². The monoisotopic (exact) mass is 366 g/mol. The molecule has 1 saturated heterocycles. The zero-order chi connectivity index (χ0) is 18.3. The number of hydrogen-bond acceptors (Lipinski definition) is 6. The van der Waals surface area contributed by atoms with Gasteiger partial charge in [0.05, 0.1) is 16.6 Å². The lowest BCUT2D eigenvalue weighted by Crippen LogP contribution is -2.32. The summed E-state index contributed by atoms with van der Waals surface area (Å²) in [5.74, 6) is 5.24.